The van der Waals surface area contributed by atoms with Crippen LogP contribution in [0.5, 0.6) is 0 Å². The summed E-state index contributed by atoms with van der Waals surface area (Å²) in [6, 6.07) is 16.1. The van der Waals surface area contributed by atoms with Gasteiger partial charge < -0.3 is 15.0 Å². The molecule has 0 aliphatic heterocycles. The molecule has 0 atom stereocenters. The minimum absolute atomic E-state index is 0.0669. The topological polar surface area (TPSA) is 63.0 Å². The van der Waals surface area contributed by atoms with E-state index in [9.17, 15) is 5.11 Å². The van der Waals surface area contributed by atoms with Crippen LogP contribution < -0.4 is 5.32 Å². The molecule has 2 heterocycles. The van der Waals surface area contributed by atoms with Crippen molar-refractivity contribution in [2.75, 3.05) is 11.9 Å². The number of anilines is 1. The lowest BCUT2D eigenvalue weighted by atomic mass is 10.2. The maximum absolute atomic E-state index is 9.46. The average molecular weight is 385 g/mol. The highest BCUT2D eigenvalue weighted by Gasteiger charge is 2.12. The lowest BCUT2D eigenvalue weighted by Crippen LogP contribution is -2.04. The van der Waals surface area contributed by atoms with E-state index < -0.39 is 0 Å². The van der Waals surface area contributed by atoms with Gasteiger partial charge in [-0.3, -0.25) is 0 Å². The number of benzene rings is 2. The summed E-state index contributed by atoms with van der Waals surface area (Å²) in [4.78, 5) is 9.93. The number of fused-ring (bicyclic) bond motifs is 1. The predicted molar refractivity (Wildman–Crippen MR) is 107 cm³/mol. The number of aliphatic hydroxyl groups excluding tert-OH is 1. The molecule has 2 N–H and O–H groups in total. The SMILES string of the molecule is OCCn1c(-c2ccccc2)nc2cc(NCc3cnc(Cl)s3)ccc21. The van der Waals surface area contributed by atoms with E-state index in [2.05, 4.69) is 14.9 Å². The second kappa shape index (κ2) is 7.45. The van der Waals surface area contributed by atoms with E-state index in [0.717, 1.165) is 33.0 Å². The van der Waals surface area contributed by atoms with Crippen LogP contribution in [0.1, 0.15) is 4.88 Å². The molecule has 0 aliphatic carbocycles. The molecule has 0 saturated heterocycles. The Labute approximate surface area is 159 Å². The van der Waals surface area contributed by atoms with Crippen molar-refractivity contribution in [1.82, 2.24) is 14.5 Å². The van der Waals surface area contributed by atoms with Crippen LogP contribution in [-0.2, 0) is 13.1 Å². The fourth-order valence-electron chi connectivity index (χ4n) is 2.93. The second-order valence-corrected chi connectivity index (χ2v) is 7.51. The molecule has 7 heteroatoms. The number of nitrogens with one attached hydrogen (secondary N) is 1. The summed E-state index contributed by atoms with van der Waals surface area (Å²) >= 11 is 7.34. The number of rotatable bonds is 6. The van der Waals surface area contributed by atoms with Gasteiger partial charge in [-0.15, -0.1) is 11.3 Å². The Hall–Kier alpha value is -2.41. The molecule has 2 aromatic carbocycles. The van der Waals surface area contributed by atoms with Crippen molar-refractivity contribution in [2.45, 2.75) is 13.1 Å². The van der Waals surface area contributed by atoms with Crippen LogP contribution in [0.4, 0.5) is 5.69 Å². The second-order valence-electron chi connectivity index (χ2n) is 5.81. The van der Waals surface area contributed by atoms with Gasteiger partial charge in [0.1, 0.15) is 5.82 Å². The van der Waals surface area contributed by atoms with Crippen LogP contribution in [0.3, 0.4) is 0 Å². The number of aromatic nitrogens is 3. The van der Waals surface area contributed by atoms with Gasteiger partial charge in [-0.05, 0) is 18.2 Å². The molecule has 26 heavy (non-hydrogen) atoms. The van der Waals surface area contributed by atoms with Gasteiger partial charge in [-0.25, -0.2) is 9.97 Å². The quantitative estimate of drug-likeness (QED) is 0.516. The van der Waals surface area contributed by atoms with E-state index in [1.807, 2.05) is 48.5 Å². The summed E-state index contributed by atoms with van der Waals surface area (Å²) in [7, 11) is 0. The Morgan fingerprint density at radius 3 is 2.73 bits per heavy atom. The molecular weight excluding hydrogens is 368 g/mol. The van der Waals surface area contributed by atoms with Gasteiger partial charge in [-0.1, -0.05) is 41.9 Å². The van der Waals surface area contributed by atoms with Gasteiger partial charge in [0, 0.05) is 28.9 Å². The van der Waals surface area contributed by atoms with Crippen molar-refractivity contribution in [3.8, 4) is 11.4 Å². The number of nitrogens with zero attached hydrogens (tertiary/aromatic N) is 3. The summed E-state index contributed by atoms with van der Waals surface area (Å²) in [5.74, 6) is 0.862. The lowest BCUT2D eigenvalue weighted by Gasteiger charge is -2.08. The van der Waals surface area contributed by atoms with Crippen molar-refractivity contribution in [1.29, 1.82) is 0 Å². The fourth-order valence-corrected chi connectivity index (χ4v) is 3.85. The predicted octanol–water partition coefficient (Wildman–Crippen LogP) is 4.42. The van der Waals surface area contributed by atoms with Crippen LogP contribution >= 0.6 is 22.9 Å². The molecular formula is C19H17ClN4OS. The minimum Gasteiger partial charge on any atom is -0.395 e. The largest absolute Gasteiger partial charge is 0.395 e. The molecule has 0 aliphatic rings. The average Bonchev–Trinajstić information content (AvgIpc) is 3.24. The zero-order chi connectivity index (χ0) is 17.9. The first-order chi connectivity index (χ1) is 12.7. The van der Waals surface area contributed by atoms with Gasteiger partial charge >= 0.3 is 0 Å². The third-order valence-electron chi connectivity index (χ3n) is 4.10. The number of hydrogen-bond donors (Lipinski definition) is 2. The summed E-state index contributed by atoms with van der Waals surface area (Å²) < 4.78 is 2.60. The standard InChI is InChI=1S/C19H17ClN4OS/c20-19-22-12-15(26-19)11-21-14-6-7-17-16(10-14)23-18(24(17)8-9-25)13-4-2-1-3-5-13/h1-7,10,12,21,25H,8-9,11H2. The molecule has 132 valence electrons. The van der Waals surface area contributed by atoms with Crippen LogP contribution in [0, 0.1) is 0 Å². The summed E-state index contributed by atoms with van der Waals surface area (Å²) in [6.45, 7) is 1.24. The van der Waals surface area contributed by atoms with Gasteiger partial charge in [0.05, 0.1) is 24.2 Å². The first-order valence-electron chi connectivity index (χ1n) is 8.25. The van der Waals surface area contributed by atoms with Gasteiger partial charge in [-0.2, -0.15) is 0 Å². The van der Waals surface area contributed by atoms with Crippen LogP contribution in [0.25, 0.3) is 22.4 Å². The van der Waals surface area contributed by atoms with Crippen molar-refractivity contribution in [3.05, 3.63) is 64.1 Å². The fraction of sp³-hybridized carbons (Fsp3) is 0.158. The van der Waals surface area contributed by atoms with Gasteiger partial charge in [0.25, 0.3) is 0 Å². The van der Waals surface area contributed by atoms with E-state index >= 15 is 0 Å². The molecule has 0 saturated carbocycles. The monoisotopic (exact) mass is 384 g/mol. The zero-order valence-corrected chi connectivity index (χ0v) is 15.5. The Morgan fingerprint density at radius 1 is 1.15 bits per heavy atom. The summed E-state index contributed by atoms with van der Waals surface area (Å²) in [6.07, 6.45) is 1.78. The number of hydrogen-bond acceptors (Lipinski definition) is 5. The molecule has 5 nitrogen and oxygen atoms in total. The van der Waals surface area contributed by atoms with E-state index in [1.165, 1.54) is 11.3 Å². The number of imidazole rings is 1. The molecule has 0 spiro atoms. The first kappa shape index (κ1) is 17.0. The third kappa shape index (κ3) is 3.44. The van der Waals surface area contributed by atoms with Crippen molar-refractivity contribution in [2.24, 2.45) is 0 Å². The smallest absolute Gasteiger partial charge is 0.183 e. The summed E-state index contributed by atoms with van der Waals surface area (Å²) in [5, 5.41) is 12.8. The Balaban J connectivity index is 1.67. The molecule has 0 unspecified atom stereocenters. The van der Waals surface area contributed by atoms with Crippen molar-refractivity contribution in [3.63, 3.8) is 0 Å². The van der Waals surface area contributed by atoms with Gasteiger partial charge in [0.2, 0.25) is 0 Å². The van der Waals surface area contributed by atoms with E-state index in [1.54, 1.807) is 6.20 Å². The minimum atomic E-state index is 0.0669. The molecule has 4 aromatic rings. The van der Waals surface area contributed by atoms with Gasteiger partial charge in [0.15, 0.2) is 4.47 Å². The maximum Gasteiger partial charge on any atom is 0.183 e. The number of halogens is 1. The maximum atomic E-state index is 9.46. The lowest BCUT2D eigenvalue weighted by molar-refractivity contribution is 0.278. The summed E-state index contributed by atoms with van der Waals surface area (Å²) in [5.41, 5.74) is 3.91. The van der Waals surface area contributed by atoms with E-state index in [-0.39, 0.29) is 6.61 Å². The number of aliphatic hydroxyl groups is 1. The highest BCUT2D eigenvalue weighted by molar-refractivity contribution is 7.15. The molecule has 0 bridgehead atoms. The Kier molecular flexibility index (Phi) is 4.88. The van der Waals surface area contributed by atoms with E-state index in [0.29, 0.717) is 17.6 Å². The Bertz CT molecular complexity index is 1030. The molecule has 0 radical (unpaired) electrons. The number of thiazole rings is 1. The zero-order valence-electron chi connectivity index (χ0n) is 13.9. The molecule has 0 fully saturated rings. The Morgan fingerprint density at radius 2 is 2.00 bits per heavy atom. The van der Waals surface area contributed by atoms with Crippen molar-refractivity contribution >= 4 is 39.7 Å². The molecule has 2 aromatic heterocycles. The third-order valence-corrected chi connectivity index (χ3v) is 5.21. The van der Waals surface area contributed by atoms with E-state index in [4.69, 9.17) is 16.6 Å². The molecule has 4 rings (SSSR count). The molecule has 0 amide bonds. The first-order valence-corrected chi connectivity index (χ1v) is 9.44. The van der Waals surface area contributed by atoms with Crippen LogP contribution in [-0.4, -0.2) is 26.2 Å². The van der Waals surface area contributed by atoms with Crippen LogP contribution in [0.2, 0.25) is 4.47 Å². The highest BCUT2D eigenvalue weighted by atomic mass is 35.5. The normalized spacial score (nSPS) is 11.2. The highest BCUT2D eigenvalue weighted by Crippen LogP contribution is 2.27. The van der Waals surface area contributed by atoms with Crippen molar-refractivity contribution < 1.29 is 5.11 Å². The van der Waals surface area contributed by atoms with Crippen LogP contribution in [0.15, 0.2) is 54.7 Å².